The highest BCUT2D eigenvalue weighted by Gasteiger charge is 1.95. The van der Waals surface area contributed by atoms with Gasteiger partial charge in [-0.3, -0.25) is 0 Å². The summed E-state index contributed by atoms with van der Waals surface area (Å²) in [6.45, 7) is 0.727. The second-order valence-corrected chi connectivity index (χ2v) is 2.70. The predicted molar refractivity (Wildman–Crippen MR) is 44.7 cm³/mol. The van der Waals surface area contributed by atoms with Gasteiger partial charge >= 0.3 is 0 Å². The van der Waals surface area contributed by atoms with Crippen molar-refractivity contribution in [2.45, 2.75) is 25.7 Å². The van der Waals surface area contributed by atoms with E-state index in [9.17, 15) is 0 Å². The molecule has 2 N–H and O–H groups in total. The van der Waals surface area contributed by atoms with Crippen LogP contribution in [0.2, 0.25) is 0 Å². The first-order chi connectivity index (χ1) is 4.93. The van der Waals surface area contributed by atoms with E-state index in [1.807, 2.05) is 0 Å². The summed E-state index contributed by atoms with van der Waals surface area (Å²) in [5.74, 6) is 0. The molecular weight excluding hydrogens is 122 g/mol. The minimum atomic E-state index is 0.727. The average Bonchev–Trinajstić information content (AvgIpc) is 1.87. The lowest BCUT2D eigenvalue weighted by atomic mass is 10.0. The predicted octanol–water partition coefficient (Wildman–Crippen LogP) is 2.00. The first kappa shape index (κ1) is 7.55. The van der Waals surface area contributed by atoms with Crippen LogP contribution in [0.5, 0.6) is 0 Å². The molecular formula is C9H15N. The van der Waals surface area contributed by atoms with Crippen molar-refractivity contribution < 1.29 is 0 Å². The Morgan fingerprint density at radius 2 is 2.30 bits per heavy atom. The van der Waals surface area contributed by atoms with Gasteiger partial charge in [0.2, 0.25) is 0 Å². The van der Waals surface area contributed by atoms with E-state index in [2.05, 4.69) is 18.2 Å². The molecule has 0 atom stereocenters. The molecule has 56 valence electrons. The molecule has 1 aliphatic rings. The quantitative estimate of drug-likeness (QED) is 0.587. The van der Waals surface area contributed by atoms with E-state index < -0.39 is 0 Å². The molecule has 0 unspecified atom stereocenters. The molecule has 0 spiro atoms. The van der Waals surface area contributed by atoms with Crippen LogP contribution in [0.15, 0.2) is 23.8 Å². The van der Waals surface area contributed by atoms with Crippen LogP contribution in [0.4, 0.5) is 0 Å². The second-order valence-electron chi connectivity index (χ2n) is 2.70. The molecule has 0 aromatic heterocycles. The summed E-state index contributed by atoms with van der Waals surface area (Å²) in [6.07, 6.45) is 11.5. The maximum absolute atomic E-state index is 5.52. The van der Waals surface area contributed by atoms with Gasteiger partial charge in [0.1, 0.15) is 0 Å². The lowest BCUT2D eigenvalue weighted by Crippen LogP contribution is -2.03. The van der Waals surface area contributed by atoms with Gasteiger partial charge in [0.15, 0.2) is 0 Å². The lowest BCUT2D eigenvalue weighted by molar-refractivity contribution is 0.728. The Bertz CT molecular complexity index is 145. The lowest BCUT2D eigenvalue weighted by Gasteiger charge is -2.04. The molecule has 0 aromatic rings. The number of nitrogens with two attached hydrogens (primary N) is 1. The fourth-order valence-corrected chi connectivity index (χ4v) is 1.17. The third-order valence-electron chi connectivity index (χ3n) is 1.85. The van der Waals surface area contributed by atoms with E-state index >= 15 is 0 Å². The highest BCUT2D eigenvalue weighted by atomic mass is 14.5. The van der Waals surface area contributed by atoms with Crippen molar-refractivity contribution in [2.75, 3.05) is 6.54 Å². The maximum atomic E-state index is 5.52. The molecule has 0 saturated carbocycles. The second kappa shape index (κ2) is 4.29. The van der Waals surface area contributed by atoms with Gasteiger partial charge < -0.3 is 5.73 Å². The zero-order valence-electron chi connectivity index (χ0n) is 6.34. The van der Waals surface area contributed by atoms with Gasteiger partial charge in [-0.1, -0.05) is 23.8 Å². The molecule has 1 nitrogen and oxygen atoms in total. The Labute approximate surface area is 62.6 Å². The third kappa shape index (κ3) is 2.36. The summed E-state index contributed by atoms with van der Waals surface area (Å²) in [6, 6.07) is 0. The molecule has 1 heteroatoms. The van der Waals surface area contributed by atoms with Crippen LogP contribution in [0.3, 0.4) is 0 Å². The van der Waals surface area contributed by atoms with E-state index in [-0.39, 0.29) is 0 Å². The van der Waals surface area contributed by atoms with Crippen molar-refractivity contribution >= 4 is 0 Å². The van der Waals surface area contributed by atoms with Gasteiger partial charge in [0.05, 0.1) is 0 Å². The number of hydrogen-bond acceptors (Lipinski definition) is 1. The van der Waals surface area contributed by atoms with Gasteiger partial charge in [0, 0.05) is 6.54 Å². The van der Waals surface area contributed by atoms with Crippen molar-refractivity contribution in [3.05, 3.63) is 23.8 Å². The summed E-state index contributed by atoms with van der Waals surface area (Å²) >= 11 is 0. The average molecular weight is 137 g/mol. The van der Waals surface area contributed by atoms with Crippen LogP contribution < -0.4 is 5.73 Å². The van der Waals surface area contributed by atoms with Gasteiger partial charge in [-0.25, -0.2) is 0 Å². The molecule has 10 heavy (non-hydrogen) atoms. The van der Waals surface area contributed by atoms with Gasteiger partial charge in [0.25, 0.3) is 0 Å². The summed E-state index contributed by atoms with van der Waals surface area (Å²) in [5.41, 5.74) is 6.91. The highest BCUT2D eigenvalue weighted by molar-refractivity contribution is 5.14. The molecule has 0 radical (unpaired) electrons. The van der Waals surface area contributed by atoms with E-state index in [1.54, 1.807) is 0 Å². The Kier molecular flexibility index (Phi) is 3.23. The van der Waals surface area contributed by atoms with E-state index in [0.717, 1.165) is 6.54 Å². The van der Waals surface area contributed by atoms with E-state index in [0.29, 0.717) is 0 Å². The SMILES string of the molecule is NCC1=CC=CCCCC1. The van der Waals surface area contributed by atoms with Crippen molar-refractivity contribution in [2.24, 2.45) is 5.73 Å². The summed E-state index contributed by atoms with van der Waals surface area (Å²) < 4.78 is 0. The van der Waals surface area contributed by atoms with Gasteiger partial charge in [-0.05, 0) is 25.7 Å². The highest BCUT2D eigenvalue weighted by Crippen LogP contribution is 2.11. The topological polar surface area (TPSA) is 26.0 Å². The van der Waals surface area contributed by atoms with Crippen LogP contribution >= 0.6 is 0 Å². The summed E-state index contributed by atoms with van der Waals surface area (Å²) in [4.78, 5) is 0. The van der Waals surface area contributed by atoms with Crippen LogP contribution in [0.25, 0.3) is 0 Å². The smallest absolute Gasteiger partial charge is 0.0139 e. The molecule has 0 aliphatic heterocycles. The zero-order valence-corrected chi connectivity index (χ0v) is 6.34. The van der Waals surface area contributed by atoms with Crippen molar-refractivity contribution in [3.8, 4) is 0 Å². The van der Waals surface area contributed by atoms with Gasteiger partial charge in [-0.15, -0.1) is 0 Å². The standard InChI is InChI=1S/C9H15N/c10-8-9-6-4-2-1-3-5-7-9/h2,4,6H,1,3,5,7-8,10H2. The number of allylic oxidation sites excluding steroid dienone is 3. The molecule has 0 heterocycles. The van der Waals surface area contributed by atoms with E-state index in [1.165, 1.54) is 31.3 Å². The summed E-state index contributed by atoms with van der Waals surface area (Å²) in [7, 11) is 0. The number of hydrogen-bond donors (Lipinski definition) is 1. The molecule has 0 aromatic carbocycles. The molecule has 1 rings (SSSR count). The minimum absolute atomic E-state index is 0.727. The van der Waals surface area contributed by atoms with Gasteiger partial charge in [-0.2, -0.15) is 0 Å². The van der Waals surface area contributed by atoms with E-state index in [4.69, 9.17) is 5.73 Å². The molecule has 0 amide bonds. The van der Waals surface area contributed by atoms with Crippen LogP contribution in [-0.2, 0) is 0 Å². The van der Waals surface area contributed by atoms with Crippen LogP contribution in [0, 0.1) is 0 Å². The normalized spacial score (nSPS) is 19.5. The van der Waals surface area contributed by atoms with Crippen molar-refractivity contribution in [3.63, 3.8) is 0 Å². The zero-order chi connectivity index (χ0) is 7.23. The Morgan fingerprint density at radius 3 is 3.10 bits per heavy atom. The maximum Gasteiger partial charge on any atom is 0.0139 e. The molecule has 0 saturated heterocycles. The molecule has 0 fully saturated rings. The molecule has 1 aliphatic carbocycles. The molecule has 0 bridgehead atoms. The van der Waals surface area contributed by atoms with Crippen molar-refractivity contribution in [1.29, 1.82) is 0 Å². The summed E-state index contributed by atoms with van der Waals surface area (Å²) in [5, 5.41) is 0. The minimum Gasteiger partial charge on any atom is -0.327 e. The van der Waals surface area contributed by atoms with Crippen LogP contribution in [0.1, 0.15) is 25.7 Å². The Morgan fingerprint density at radius 1 is 1.40 bits per heavy atom. The van der Waals surface area contributed by atoms with Crippen molar-refractivity contribution in [1.82, 2.24) is 0 Å². The van der Waals surface area contributed by atoms with Crippen LogP contribution in [-0.4, -0.2) is 6.54 Å². The fourth-order valence-electron chi connectivity index (χ4n) is 1.17. The first-order valence-electron chi connectivity index (χ1n) is 3.98. The fraction of sp³-hybridized carbons (Fsp3) is 0.556. The Hall–Kier alpha value is -0.560. The third-order valence-corrected chi connectivity index (χ3v) is 1.85. The monoisotopic (exact) mass is 137 g/mol. The Balaban J connectivity index is 2.49. The number of rotatable bonds is 1. The first-order valence-corrected chi connectivity index (χ1v) is 3.98. The largest absolute Gasteiger partial charge is 0.327 e.